The van der Waals surface area contributed by atoms with E-state index in [1.165, 1.54) is 17.0 Å². The molecular formula is C16H15ClN2O3S. The van der Waals surface area contributed by atoms with Gasteiger partial charge in [0.25, 0.3) is 5.91 Å². The number of nitrogens with zero attached hydrogens (tertiary/aromatic N) is 1. The quantitative estimate of drug-likeness (QED) is 0.901. The molecule has 0 saturated carbocycles. The van der Waals surface area contributed by atoms with Gasteiger partial charge in [-0.3, -0.25) is 4.79 Å². The predicted molar refractivity (Wildman–Crippen MR) is 89.2 cm³/mol. The number of hydrogen-bond acceptors (Lipinski definition) is 3. The molecule has 1 heterocycles. The van der Waals surface area contributed by atoms with Crippen LogP contribution < -0.4 is 10.0 Å². The second kappa shape index (κ2) is 5.63. The van der Waals surface area contributed by atoms with E-state index in [0.29, 0.717) is 5.69 Å². The van der Waals surface area contributed by atoms with E-state index in [1.807, 2.05) is 0 Å². The summed E-state index contributed by atoms with van der Waals surface area (Å²) in [6.45, 7) is -2.40. The highest BCUT2D eigenvalue weighted by Gasteiger charge is 2.31. The minimum Gasteiger partial charge on any atom is -0.305 e. The van der Waals surface area contributed by atoms with E-state index in [-0.39, 0.29) is 21.9 Å². The number of primary sulfonamides is 1. The Bertz CT molecular complexity index is 992. The number of sulfonamides is 1. The molecule has 1 atom stereocenters. The maximum atomic E-state index is 13.1. The lowest BCUT2D eigenvalue weighted by Gasteiger charge is -2.23. The number of hydrogen-bond donors (Lipinski definition) is 1. The standard InChI is InChI=1S/C16H15ClN2O3S/c1-10-8-11-4-2-3-5-14(11)19(10)16(20)12-6-7-13(17)15(9-12)23(18,21)22/h2-7,9-10H,8H2,1H3,(H2,18,21,22)/i1D3. The third kappa shape index (κ3) is 2.85. The molecule has 0 radical (unpaired) electrons. The third-order valence-electron chi connectivity index (χ3n) is 3.68. The lowest BCUT2D eigenvalue weighted by atomic mass is 10.1. The highest BCUT2D eigenvalue weighted by Crippen LogP contribution is 2.33. The molecule has 3 rings (SSSR count). The summed E-state index contributed by atoms with van der Waals surface area (Å²) in [5, 5.41) is 5.01. The lowest BCUT2D eigenvalue weighted by Crippen LogP contribution is -2.35. The van der Waals surface area contributed by atoms with E-state index in [9.17, 15) is 13.2 Å². The second-order valence-corrected chi connectivity index (χ2v) is 7.15. The first-order chi connectivity index (χ1) is 12.0. The molecule has 0 saturated heterocycles. The van der Waals surface area contributed by atoms with Crippen molar-refractivity contribution < 1.29 is 17.3 Å². The van der Waals surface area contributed by atoms with Crippen LogP contribution in [0.3, 0.4) is 0 Å². The molecule has 0 aliphatic carbocycles. The number of anilines is 1. The summed E-state index contributed by atoms with van der Waals surface area (Å²) in [6.07, 6.45) is 0.189. The first-order valence-corrected chi connectivity index (χ1v) is 8.66. The number of rotatable bonds is 2. The van der Waals surface area contributed by atoms with Gasteiger partial charge in [0.15, 0.2) is 0 Å². The van der Waals surface area contributed by atoms with Crippen LogP contribution in [0.4, 0.5) is 5.69 Å². The topological polar surface area (TPSA) is 80.5 Å². The molecule has 23 heavy (non-hydrogen) atoms. The van der Waals surface area contributed by atoms with Crippen molar-refractivity contribution >= 4 is 33.2 Å². The molecule has 0 spiro atoms. The van der Waals surface area contributed by atoms with Gasteiger partial charge in [0, 0.05) is 21.4 Å². The Morgan fingerprint density at radius 3 is 2.78 bits per heavy atom. The first-order valence-electron chi connectivity index (χ1n) is 8.24. The van der Waals surface area contributed by atoms with Crippen LogP contribution in [0, 0.1) is 0 Å². The first kappa shape index (κ1) is 12.5. The van der Waals surface area contributed by atoms with Crippen LogP contribution in [-0.2, 0) is 16.4 Å². The fourth-order valence-electron chi connectivity index (χ4n) is 2.63. The normalized spacial score (nSPS) is 19.7. The van der Waals surface area contributed by atoms with Gasteiger partial charge in [0.1, 0.15) is 4.90 Å². The number of fused-ring (bicyclic) bond motifs is 1. The minimum absolute atomic E-state index is 0.00984. The van der Waals surface area contributed by atoms with E-state index >= 15 is 0 Å². The average molecular weight is 354 g/mol. The van der Waals surface area contributed by atoms with Gasteiger partial charge in [0.05, 0.1) is 5.02 Å². The fraction of sp³-hybridized carbons (Fsp3) is 0.188. The van der Waals surface area contributed by atoms with Gasteiger partial charge in [0.2, 0.25) is 10.0 Å². The fourth-order valence-corrected chi connectivity index (χ4v) is 3.70. The van der Waals surface area contributed by atoms with Gasteiger partial charge < -0.3 is 4.90 Å². The van der Waals surface area contributed by atoms with Gasteiger partial charge in [-0.2, -0.15) is 0 Å². The van der Waals surface area contributed by atoms with Gasteiger partial charge in [-0.25, -0.2) is 13.6 Å². The molecule has 2 N–H and O–H groups in total. The van der Waals surface area contributed by atoms with Crippen molar-refractivity contribution in [3.05, 3.63) is 58.6 Å². The highest BCUT2D eigenvalue weighted by atomic mass is 35.5. The van der Waals surface area contributed by atoms with Gasteiger partial charge in [-0.05, 0) is 43.1 Å². The minimum atomic E-state index is -4.13. The van der Waals surface area contributed by atoms with Crippen LogP contribution in [0.2, 0.25) is 5.02 Å². The maximum Gasteiger partial charge on any atom is 0.258 e. The van der Waals surface area contributed by atoms with Crippen molar-refractivity contribution in [3.63, 3.8) is 0 Å². The SMILES string of the molecule is [2H]C([2H])([2H])C1Cc2ccccc2N1C(=O)c1ccc(Cl)c(S(N)(=O)=O)c1. The maximum absolute atomic E-state index is 13.1. The zero-order valence-corrected chi connectivity index (χ0v) is 13.4. The Morgan fingerprint density at radius 2 is 2.09 bits per heavy atom. The van der Waals surface area contributed by atoms with Gasteiger partial charge in [-0.15, -0.1) is 0 Å². The molecular weight excluding hydrogens is 336 g/mol. The van der Waals surface area contributed by atoms with Crippen molar-refractivity contribution in [2.24, 2.45) is 5.14 Å². The van der Waals surface area contributed by atoms with Crippen LogP contribution >= 0.6 is 11.6 Å². The predicted octanol–water partition coefficient (Wildman–Crippen LogP) is 2.58. The second-order valence-electron chi connectivity index (χ2n) is 5.21. The summed E-state index contributed by atoms with van der Waals surface area (Å²) in [5.74, 6) is -0.627. The third-order valence-corrected chi connectivity index (χ3v) is 5.07. The zero-order valence-electron chi connectivity index (χ0n) is 14.9. The Hall–Kier alpha value is -1.89. The Morgan fingerprint density at radius 1 is 1.35 bits per heavy atom. The van der Waals surface area contributed by atoms with Crippen LogP contribution in [0.1, 0.15) is 26.9 Å². The van der Waals surface area contributed by atoms with Crippen molar-refractivity contribution in [2.75, 3.05) is 4.90 Å². The number of nitrogens with two attached hydrogens (primary N) is 1. The summed E-state index contributed by atoms with van der Waals surface area (Å²) in [5.41, 5.74) is 1.22. The van der Waals surface area contributed by atoms with E-state index in [2.05, 4.69) is 0 Å². The van der Waals surface area contributed by atoms with Gasteiger partial charge >= 0.3 is 0 Å². The molecule has 2 aromatic carbocycles. The van der Waals surface area contributed by atoms with Crippen molar-refractivity contribution in [1.82, 2.24) is 0 Å². The van der Waals surface area contributed by atoms with E-state index in [4.69, 9.17) is 20.9 Å². The number of para-hydroxylation sites is 1. The molecule has 0 aromatic heterocycles. The van der Waals surface area contributed by atoms with E-state index < -0.39 is 28.8 Å². The van der Waals surface area contributed by atoms with Crippen LogP contribution in [0.5, 0.6) is 0 Å². The molecule has 120 valence electrons. The Balaban J connectivity index is 2.11. The van der Waals surface area contributed by atoms with Crippen LogP contribution in [0.25, 0.3) is 0 Å². The number of amides is 1. The Labute approximate surface area is 143 Å². The van der Waals surface area contributed by atoms with Crippen LogP contribution in [0.15, 0.2) is 47.4 Å². The summed E-state index contributed by atoms with van der Waals surface area (Å²) < 4.78 is 46.6. The number of carbonyl (C=O) groups is 1. The smallest absolute Gasteiger partial charge is 0.258 e. The number of carbonyl (C=O) groups excluding carboxylic acids is 1. The summed E-state index contributed by atoms with van der Waals surface area (Å²) in [7, 11) is -4.13. The molecule has 2 aromatic rings. The number of halogens is 1. The molecule has 0 bridgehead atoms. The molecule has 0 fully saturated rings. The van der Waals surface area contributed by atoms with Crippen molar-refractivity contribution in [2.45, 2.75) is 24.2 Å². The van der Waals surface area contributed by atoms with Crippen molar-refractivity contribution in [3.8, 4) is 0 Å². The summed E-state index contributed by atoms with van der Waals surface area (Å²) in [6, 6.07) is 9.52. The van der Waals surface area contributed by atoms with Gasteiger partial charge in [-0.1, -0.05) is 29.8 Å². The Kier molecular flexibility index (Phi) is 3.07. The molecule has 1 aliphatic heterocycles. The molecule has 7 heteroatoms. The summed E-state index contributed by atoms with van der Waals surface area (Å²) in [4.78, 5) is 13.9. The molecule has 1 aliphatic rings. The molecule has 1 unspecified atom stereocenters. The average Bonchev–Trinajstić information content (AvgIpc) is 2.93. The molecule has 5 nitrogen and oxygen atoms in total. The highest BCUT2D eigenvalue weighted by molar-refractivity contribution is 7.89. The monoisotopic (exact) mass is 353 g/mol. The van der Waals surface area contributed by atoms with E-state index in [1.54, 1.807) is 24.3 Å². The zero-order chi connectivity index (χ0) is 19.3. The largest absolute Gasteiger partial charge is 0.305 e. The van der Waals surface area contributed by atoms with Crippen molar-refractivity contribution in [1.29, 1.82) is 0 Å². The summed E-state index contributed by atoms with van der Waals surface area (Å²) >= 11 is 5.85. The van der Waals surface area contributed by atoms with E-state index in [0.717, 1.165) is 11.6 Å². The lowest BCUT2D eigenvalue weighted by molar-refractivity contribution is 0.0981. The molecule has 1 amide bonds. The van der Waals surface area contributed by atoms with Crippen LogP contribution in [-0.4, -0.2) is 20.4 Å². The number of benzene rings is 2.